The summed E-state index contributed by atoms with van der Waals surface area (Å²) in [5.74, 6) is 0.695. The largest absolute Gasteiger partial charge is 1.00 e. The van der Waals surface area contributed by atoms with E-state index in [0.29, 0.717) is 12.0 Å². The van der Waals surface area contributed by atoms with Crippen molar-refractivity contribution in [3.05, 3.63) is 29.8 Å². The van der Waals surface area contributed by atoms with Crippen molar-refractivity contribution in [1.82, 2.24) is 0 Å². The summed E-state index contributed by atoms with van der Waals surface area (Å²) in [6.45, 7) is 7.06. The van der Waals surface area contributed by atoms with Gasteiger partial charge in [-0.1, -0.05) is 121 Å². The van der Waals surface area contributed by atoms with Gasteiger partial charge in [0.15, 0.2) is 6.04 Å². The molecule has 1 atom stereocenters. The van der Waals surface area contributed by atoms with Crippen LogP contribution in [-0.2, 0) is 0 Å². The Bertz CT molecular complexity index is 636. The molecule has 0 aliphatic rings. The molecule has 1 nitrogen and oxygen atoms in total. The average Bonchev–Trinajstić information content (AvgIpc) is 3.12. The van der Waals surface area contributed by atoms with Crippen LogP contribution < -0.4 is 28.5 Å². The third kappa shape index (κ3) is 10.1. The van der Waals surface area contributed by atoms with E-state index in [1.54, 1.807) is 0 Å². The van der Waals surface area contributed by atoms with Gasteiger partial charge < -0.3 is 24.0 Å². The number of nitrogens with zero attached hydrogens (tertiary/aromatic N) is 1. The van der Waals surface area contributed by atoms with Crippen LogP contribution in [-0.4, -0.2) is 0 Å². The molecule has 0 aliphatic carbocycles. The highest BCUT2D eigenvalue weighted by Crippen LogP contribution is 2.25. The van der Waals surface area contributed by atoms with Gasteiger partial charge in [-0.25, -0.2) is 0 Å². The van der Waals surface area contributed by atoms with Gasteiger partial charge in [-0.3, -0.25) is 0 Å². The first-order chi connectivity index (χ1) is 13.7. The van der Waals surface area contributed by atoms with E-state index in [0.717, 1.165) is 0 Å². The third-order valence-corrected chi connectivity index (χ3v) is 7.10. The first-order valence-corrected chi connectivity index (χ1v) is 13.0. The van der Waals surface area contributed by atoms with Crippen LogP contribution in [0.2, 0.25) is 0 Å². The maximum absolute atomic E-state index is 2.55. The summed E-state index contributed by atoms with van der Waals surface area (Å²) in [6, 6.07) is 9.50. The van der Waals surface area contributed by atoms with Gasteiger partial charge in [0.2, 0.25) is 11.0 Å². The van der Waals surface area contributed by atoms with Crippen molar-refractivity contribution >= 4 is 21.6 Å². The molecule has 0 saturated carbocycles. The maximum Gasteiger partial charge on any atom is 0.226 e. The SMILES string of the molecule is CCCCCCCCCCCCCCCC(C(C)C)[n+]1csc2ccccc21.[I-]. The predicted octanol–water partition coefficient (Wildman–Crippen LogP) is 5.87. The van der Waals surface area contributed by atoms with Crippen LogP contribution in [0.3, 0.4) is 0 Å². The van der Waals surface area contributed by atoms with Gasteiger partial charge in [0.25, 0.3) is 0 Å². The number of hydrogen-bond acceptors (Lipinski definition) is 1. The molecule has 3 heteroatoms. The summed E-state index contributed by atoms with van der Waals surface area (Å²) >= 11 is 1.88. The Morgan fingerprint density at radius 2 is 1.28 bits per heavy atom. The molecule has 0 spiro atoms. The van der Waals surface area contributed by atoms with Crippen molar-refractivity contribution < 1.29 is 28.5 Å². The zero-order valence-electron chi connectivity index (χ0n) is 19.2. The molecule has 1 heterocycles. The Morgan fingerprint density at radius 1 is 0.759 bits per heavy atom. The molecule has 29 heavy (non-hydrogen) atoms. The topological polar surface area (TPSA) is 3.88 Å². The van der Waals surface area contributed by atoms with E-state index in [1.807, 2.05) is 11.3 Å². The second-order valence-electron chi connectivity index (χ2n) is 8.94. The molecule has 1 unspecified atom stereocenters. The zero-order chi connectivity index (χ0) is 20.0. The molecule has 0 saturated heterocycles. The summed E-state index contributed by atoms with van der Waals surface area (Å²) in [4.78, 5) is 0. The van der Waals surface area contributed by atoms with Crippen LogP contribution in [0.25, 0.3) is 10.2 Å². The fraction of sp³-hybridized carbons (Fsp3) is 0.731. The number of benzene rings is 1. The highest BCUT2D eigenvalue weighted by atomic mass is 127. The van der Waals surface area contributed by atoms with Crippen LogP contribution in [0.4, 0.5) is 0 Å². The Morgan fingerprint density at radius 3 is 1.83 bits per heavy atom. The minimum absolute atomic E-state index is 0. The van der Waals surface area contributed by atoms with Crippen molar-refractivity contribution in [3.63, 3.8) is 0 Å². The fourth-order valence-corrected chi connectivity index (χ4v) is 5.31. The standard InChI is InChI=1S/C26H44NS.HI/c1-4-5-6-7-8-9-10-11-12-13-14-15-16-19-24(23(2)3)27-22-28-26-21-18-17-20-25(26)27;/h17-18,20-24H,4-16,19H2,1-3H3;1H/q+1;/p-1. The van der Waals surface area contributed by atoms with Crippen LogP contribution >= 0.6 is 11.3 Å². The van der Waals surface area contributed by atoms with Crippen molar-refractivity contribution in [2.75, 3.05) is 0 Å². The molecule has 2 aromatic rings. The summed E-state index contributed by atoms with van der Waals surface area (Å²) < 4.78 is 3.96. The number of rotatable bonds is 16. The molecular formula is C26H44INS. The molecule has 1 aromatic heterocycles. The predicted molar refractivity (Wildman–Crippen MR) is 126 cm³/mol. The van der Waals surface area contributed by atoms with Gasteiger partial charge in [0, 0.05) is 18.4 Å². The van der Waals surface area contributed by atoms with E-state index in [2.05, 4.69) is 55.1 Å². The minimum atomic E-state index is 0. The first-order valence-electron chi connectivity index (χ1n) is 12.1. The molecule has 166 valence electrons. The van der Waals surface area contributed by atoms with Crippen molar-refractivity contribution in [2.24, 2.45) is 5.92 Å². The van der Waals surface area contributed by atoms with Gasteiger partial charge in [-0.2, -0.15) is 4.57 Å². The normalized spacial score (nSPS) is 12.4. The summed E-state index contributed by atoms with van der Waals surface area (Å²) in [5.41, 5.74) is 3.76. The highest BCUT2D eigenvalue weighted by molar-refractivity contribution is 7.16. The van der Waals surface area contributed by atoms with E-state index in [1.165, 1.54) is 100 Å². The molecule has 0 aliphatic heterocycles. The number of halogens is 1. The molecule has 0 N–H and O–H groups in total. The Balaban J connectivity index is 0.00000420. The van der Waals surface area contributed by atoms with Crippen LogP contribution in [0.5, 0.6) is 0 Å². The van der Waals surface area contributed by atoms with Gasteiger partial charge in [0.1, 0.15) is 4.70 Å². The Hall–Kier alpha value is -0.160. The lowest BCUT2D eigenvalue weighted by atomic mass is 9.96. The number of fused-ring (bicyclic) bond motifs is 1. The lowest BCUT2D eigenvalue weighted by Crippen LogP contribution is -3.00. The van der Waals surface area contributed by atoms with Crippen LogP contribution in [0.15, 0.2) is 29.8 Å². The first kappa shape index (κ1) is 26.9. The summed E-state index contributed by atoms with van der Waals surface area (Å²) in [7, 11) is 0. The monoisotopic (exact) mass is 529 g/mol. The van der Waals surface area contributed by atoms with Gasteiger partial charge >= 0.3 is 0 Å². The lowest BCUT2D eigenvalue weighted by molar-refractivity contribution is -0.702. The van der Waals surface area contributed by atoms with E-state index in [9.17, 15) is 0 Å². The highest BCUT2D eigenvalue weighted by Gasteiger charge is 2.25. The zero-order valence-corrected chi connectivity index (χ0v) is 22.1. The molecule has 0 fully saturated rings. The average molecular weight is 530 g/mol. The van der Waals surface area contributed by atoms with Gasteiger partial charge in [-0.05, 0) is 12.5 Å². The van der Waals surface area contributed by atoms with Crippen molar-refractivity contribution in [1.29, 1.82) is 0 Å². The lowest BCUT2D eigenvalue weighted by Gasteiger charge is -2.15. The molecule has 0 bridgehead atoms. The van der Waals surface area contributed by atoms with E-state index < -0.39 is 0 Å². The quantitative estimate of drug-likeness (QED) is 0.146. The van der Waals surface area contributed by atoms with Crippen LogP contribution in [0, 0.1) is 5.92 Å². The maximum atomic E-state index is 2.55. The number of para-hydroxylation sites is 1. The second-order valence-corrected chi connectivity index (χ2v) is 9.83. The van der Waals surface area contributed by atoms with Gasteiger partial charge in [-0.15, -0.1) is 0 Å². The third-order valence-electron chi connectivity index (χ3n) is 6.17. The molecule has 1 aromatic carbocycles. The van der Waals surface area contributed by atoms with Crippen molar-refractivity contribution in [3.8, 4) is 0 Å². The van der Waals surface area contributed by atoms with E-state index >= 15 is 0 Å². The summed E-state index contributed by atoms with van der Waals surface area (Å²) in [6.07, 6.45) is 20.0. The summed E-state index contributed by atoms with van der Waals surface area (Å²) in [5, 5.41) is 0. The van der Waals surface area contributed by atoms with E-state index in [4.69, 9.17) is 0 Å². The molecule has 0 radical (unpaired) electrons. The number of hydrogen-bond donors (Lipinski definition) is 0. The molecule has 0 amide bonds. The van der Waals surface area contributed by atoms with Crippen molar-refractivity contribution in [2.45, 2.75) is 117 Å². The Labute approximate surface area is 201 Å². The van der Waals surface area contributed by atoms with Crippen LogP contribution in [0.1, 0.15) is 117 Å². The number of thiazole rings is 1. The molecular weight excluding hydrogens is 485 g/mol. The fourth-order valence-electron chi connectivity index (χ4n) is 4.36. The minimum Gasteiger partial charge on any atom is -1.00 e. The second kappa shape index (κ2) is 16.5. The molecule has 2 rings (SSSR count). The van der Waals surface area contributed by atoms with E-state index in [-0.39, 0.29) is 24.0 Å². The number of aromatic nitrogens is 1. The van der Waals surface area contributed by atoms with Gasteiger partial charge in [0.05, 0.1) is 0 Å². The number of unbranched alkanes of at least 4 members (excludes halogenated alkanes) is 12. The Kier molecular flexibility index (Phi) is 15.3. The smallest absolute Gasteiger partial charge is 0.226 e.